The highest BCUT2D eigenvalue weighted by Gasteiger charge is 2.40. The molecule has 1 aromatic rings. The van der Waals surface area contributed by atoms with Gasteiger partial charge in [-0.15, -0.1) is 0 Å². The molecule has 2 rings (SSSR count). The zero-order valence-corrected chi connectivity index (χ0v) is 17.4. The van der Waals surface area contributed by atoms with Gasteiger partial charge in [0.25, 0.3) is 21.9 Å². The maximum absolute atomic E-state index is 12.4. The third kappa shape index (κ3) is 7.88. The summed E-state index contributed by atoms with van der Waals surface area (Å²) in [5.41, 5.74) is 9.05. The molecule has 1 fully saturated rings. The van der Waals surface area contributed by atoms with Gasteiger partial charge in [-0.3, -0.25) is 33.6 Å². The summed E-state index contributed by atoms with van der Waals surface area (Å²) >= 11 is 0. The van der Waals surface area contributed by atoms with Crippen molar-refractivity contribution in [2.75, 3.05) is 17.7 Å². The first-order valence-electron chi connectivity index (χ1n) is 8.08. The molecule has 1 aliphatic heterocycles. The van der Waals surface area contributed by atoms with E-state index in [0.29, 0.717) is 16.8 Å². The number of piperidine rings is 1. The van der Waals surface area contributed by atoms with Crippen LogP contribution in [-0.4, -0.2) is 59.5 Å². The predicted octanol–water partition coefficient (Wildman–Crippen LogP) is 0.180. The number of nitrogens with two attached hydrogens (primary N) is 1. The molecule has 0 bridgehead atoms. The minimum absolute atomic E-state index is 0.0322. The molecular formula is C15H20N4O9S2. The number of amides is 2. The van der Waals surface area contributed by atoms with E-state index in [1.165, 1.54) is 6.92 Å². The number of hydrogen-bond acceptors (Lipinski definition) is 9. The van der Waals surface area contributed by atoms with E-state index in [4.69, 9.17) is 27.8 Å². The zero-order chi connectivity index (χ0) is 23.3. The molecule has 1 saturated heterocycles. The van der Waals surface area contributed by atoms with Gasteiger partial charge in [-0.2, -0.15) is 21.9 Å². The first-order chi connectivity index (χ1) is 13.6. The van der Waals surface area contributed by atoms with Gasteiger partial charge in [0.15, 0.2) is 0 Å². The van der Waals surface area contributed by atoms with Crippen LogP contribution < -0.4 is 11.2 Å². The smallest absolute Gasteiger partial charge is 0.394 e. The van der Waals surface area contributed by atoms with Gasteiger partial charge in [-0.05, 0) is 25.1 Å². The van der Waals surface area contributed by atoms with Gasteiger partial charge in [0.05, 0.1) is 11.1 Å². The Labute approximate surface area is 172 Å². The Hall–Kier alpha value is -2.85. The first-order valence-corrected chi connectivity index (χ1v) is 11.0. The minimum atomic E-state index is -4.67. The Bertz CT molecular complexity index is 1090. The van der Waals surface area contributed by atoms with E-state index in [2.05, 4.69) is 10.5 Å². The lowest BCUT2D eigenvalue weighted by Crippen LogP contribution is -2.50. The fraction of sp³-hybridized carbons (Fsp3) is 0.267. The molecular weight excluding hydrogens is 444 g/mol. The second-order valence-corrected chi connectivity index (χ2v) is 8.01. The van der Waals surface area contributed by atoms with Crippen LogP contribution in [0.5, 0.6) is 0 Å². The molecule has 6 N–H and O–H groups in total. The summed E-state index contributed by atoms with van der Waals surface area (Å²) in [5.74, 6) is -2.33. The standard InChI is InChI=1S/C15H18N4O5S.H2O4S/c1-3-19-14(20)12(8-25(22,23)24)9(2)13(15(19)21)18-17-11-6-4-5-10(16)7-11;1-5(2,3)4/h4-9,17H,3,16H2,1-2H3,(H,22,23,24);(H2,1,2,3,4). The lowest BCUT2D eigenvalue weighted by molar-refractivity contribution is -0.139. The Morgan fingerprint density at radius 2 is 1.73 bits per heavy atom. The van der Waals surface area contributed by atoms with Gasteiger partial charge in [0.1, 0.15) is 5.71 Å². The predicted molar refractivity (Wildman–Crippen MR) is 107 cm³/mol. The average molecular weight is 464 g/mol. The van der Waals surface area contributed by atoms with Gasteiger partial charge < -0.3 is 5.73 Å². The van der Waals surface area contributed by atoms with E-state index in [1.54, 1.807) is 31.2 Å². The van der Waals surface area contributed by atoms with Gasteiger partial charge in [-0.1, -0.05) is 13.0 Å². The Kier molecular flexibility index (Phi) is 8.20. The number of likely N-dealkylation sites (N-methyl/N-ethyl adjacent to an activating group) is 1. The van der Waals surface area contributed by atoms with Crippen LogP contribution in [0.2, 0.25) is 0 Å². The summed E-state index contributed by atoms with van der Waals surface area (Å²) < 4.78 is 62.9. The van der Waals surface area contributed by atoms with Crippen molar-refractivity contribution in [2.45, 2.75) is 13.8 Å². The van der Waals surface area contributed by atoms with Crippen LogP contribution in [0, 0.1) is 5.92 Å². The van der Waals surface area contributed by atoms with E-state index >= 15 is 0 Å². The second kappa shape index (κ2) is 9.77. The largest absolute Gasteiger partial charge is 0.399 e. The number of rotatable bonds is 4. The summed E-state index contributed by atoms with van der Waals surface area (Å²) in [6.45, 7) is 3.06. The fourth-order valence-electron chi connectivity index (χ4n) is 2.38. The molecule has 15 heteroatoms. The lowest BCUT2D eigenvalue weighted by atomic mass is 9.91. The number of carbonyl (C=O) groups is 2. The Morgan fingerprint density at radius 3 is 2.20 bits per heavy atom. The number of anilines is 2. The summed E-state index contributed by atoms with van der Waals surface area (Å²) in [6.07, 6.45) is 0. The second-order valence-electron chi connectivity index (χ2n) is 5.85. The van der Waals surface area contributed by atoms with Crippen molar-refractivity contribution in [2.24, 2.45) is 11.0 Å². The van der Waals surface area contributed by atoms with Crippen LogP contribution in [0.3, 0.4) is 0 Å². The summed E-state index contributed by atoms with van der Waals surface area (Å²) in [6, 6.07) is 6.64. The molecule has 1 atom stereocenters. The highest BCUT2D eigenvalue weighted by atomic mass is 32.3. The minimum Gasteiger partial charge on any atom is -0.399 e. The van der Waals surface area contributed by atoms with Gasteiger partial charge in [0, 0.05) is 23.7 Å². The number of carbonyl (C=O) groups excluding carboxylic acids is 2. The van der Waals surface area contributed by atoms with E-state index in [1.807, 2.05) is 0 Å². The van der Waals surface area contributed by atoms with E-state index in [9.17, 15) is 18.0 Å². The van der Waals surface area contributed by atoms with Crippen molar-refractivity contribution in [1.82, 2.24) is 4.90 Å². The van der Waals surface area contributed by atoms with Gasteiger partial charge in [0.2, 0.25) is 0 Å². The molecule has 1 unspecified atom stereocenters. The molecule has 2 amide bonds. The van der Waals surface area contributed by atoms with Crippen LogP contribution in [-0.2, 0) is 30.1 Å². The lowest BCUT2D eigenvalue weighted by Gasteiger charge is -2.30. The van der Waals surface area contributed by atoms with Crippen molar-refractivity contribution in [3.8, 4) is 0 Å². The normalized spacial score (nSPS) is 20.2. The monoisotopic (exact) mass is 464 g/mol. The number of hydrogen-bond donors (Lipinski definition) is 5. The van der Waals surface area contributed by atoms with Gasteiger partial charge >= 0.3 is 10.4 Å². The zero-order valence-electron chi connectivity index (χ0n) is 15.8. The summed E-state index contributed by atoms with van der Waals surface area (Å²) in [5, 5.41) is 4.47. The quantitative estimate of drug-likeness (QED) is 0.133. The van der Waals surface area contributed by atoms with Crippen LogP contribution in [0.15, 0.2) is 40.3 Å². The molecule has 166 valence electrons. The maximum atomic E-state index is 12.4. The molecule has 0 aromatic heterocycles. The molecule has 30 heavy (non-hydrogen) atoms. The van der Waals surface area contributed by atoms with Crippen molar-refractivity contribution < 1.29 is 40.1 Å². The van der Waals surface area contributed by atoms with Crippen molar-refractivity contribution in [1.29, 1.82) is 0 Å². The number of nitrogen functional groups attached to an aromatic ring is 1. The summed E-state index contributed by atoms with van der Waals surface area (Å²) in [7, 11) is -9.21. The van der Waals surface area contributed by atoms with Crippen molar-refractivity contribution in [3.05, 3.63) is 35.2 Å². The Balaban J connectivity index is 0.000000804. The molecule has 0 radical (unpaired) electrons. The number of nitrogens with zero attached hydrogens (tertiary/aromatic N) is 2. The number of likely N-dealkylation sites (tertiary alicyclic amines) is 1. The first kappa shape index (κ1) is 25.2. The number of hydrazone groups is 1. The molecule has 0 spiro atoms. The molecule has 0 aliphatic carbocycles. The Morgan fingerprint density at radius 1 is 1.17 bits per heavy atom. The maximum Gasteiger partial charge on any atom is 0.394 e. The molecule has 1 aromatic carbocycles. The highest BCUT2D eigenvalue weighted by molar-refractivity contribution is 7.88. The van der Waals surface area contributed by atoms with Crippen LogP contribution in [0.25, 0.3) is 0 Å². The number of imide groups is 1. The van der Waals surface area contributed by atoms with Crippen LogP contribution >= 0.6 is 0 Å². The molecule has 1 heterocycles. The third-order valence-corrected chi connectivity index (χ3v) is 4.17. The summed E-state index contributed by atoms with van der Waals surface area (Å²) in [4.78, 5) is 25.6. The third-order valence-electron chi connectivity index (χ3n) is 3.62. The number of benzene rings is 1. The van der Waals surface area contributed by atoms with E-state index in [-0.39, 0.29) is 17.8 Å². The average Bonchev–Trinajstić information content (AvgIpc) is 2.57. The van der Waals surface area contributed by atoms with Gasteiger partial charge in [-0.25, -0.2) is 0 Å². The highest BCUT2D eigenvalue weighted by Crippen LogP contribution is 2.24. The van der Waals surface area contributed by atoms with Crippen LogP contribution in [0.1, 0.15) is 13.8 Å². The van der Waals surface area contributed by atoms with Crippen LogP contribution in [0.4, 0.5) is 11.4 Å². The van der Waals surface area contributed by atoms with E-state index in [0.717, 1.165) is 4.90 Å². The number of nitrogens with one attached hydrogen (secondary N) is 1. The van der Waals surface area contributed by atoms with Crippen molar-refractivity contribution >= 4 is 49.4 Å². The van der Waals surface area contributed by atoms with E-state index < -0.39 is 38.2 Å². The van der Waals surface area contributed by atoms with Crippen molar-refractivity contribution in [3.63, 3.8) is 0 Å². The fourth-order valence-corrected chi connectivity index (χ4v) is 3.01. The molecule has 13 nitrogen and oxygen atoms in total. The molecule has 1 aliphatic rings. The SMILES string of the molecule is CCN1C(=O)C(=CS(=O)(=O)O)C(C)C(=NNc2cccc(N)c2)C1=O.O=S(=O)(O)O. The molecule has 0 saturated carbocycles. The topological polar surface area (TPSA) is 217 Å².